The van der Waals surface area contributed by atoms with Gasteiger partial charge in [-0.1, -0.05) is 19.8 Å². The molecule has 0 aromatic carbocycles. The summed E-state index contributed by atoms with van der Waals surface area (Å²) in [6, 6.07) is 0.529. The molecule has 0 saturated heterocycles. The Morgan fingerprint density at radius 2 is 2.06 bits per heavy atom. The molecule has 0 atom stereocenters. The zero-order valence-electron chi connectivity index (χ0n) is 11.9. The third kappa shape index (κ3) is 2.32. The summed E-state index contributed by atoms with van der Waals surface area (Å²) in [6.07, 6.45) is 6.13. The van der Waals surface area contributed by atoms with Crippen LogP contribution < -0.4 is 4.90 Å². The van der Waals surface area contributed by atoms with Crippen LogP contribution in [0.15, 0.2) is 0 Å². The summed E-state index contributed by atoms with van der Waals surface area (Å²) >= 11 is 5.41. The number of H-pyrrole nitrogens is 1. The van der Waals surface area contributed by atoms with E-state index in [1.165, 1.54) is 25.7 Å². The number of hydrogen-bond acceptors (Lipinski definition) is 3. The molecule has 0 spiro atoms. The van der Waals surface area contributed by atoms with E-state index in [0.29, 0.717) is 6.04 Å². The first-order valence-corrected chi connectivity index (χ1v) is 7.29. The van der Waals surface area contributed by atoms with Gasteiger partial charge in [0.2, 0.25) is 5.95 Å². The molecule has 1 saturated carbocycles. The maximum Gasteiger partial charge on any atom is 0.226 e. The van der Waals surface area contributed by atoms with Crippen LogP contribution in [0.2, 0.25) is 0 Å². The number of aromatic amines is 1. The van der Waals surface area contributed by atoms with Gasteiger partial charge >= 0.3 is 0 Å². The molecule has 0 unspecified atom stereocenters. The molecule has 0 radical (unpaired) electrons. The molecule has 2 rings (SSSR count). The van der Waals surface area contributed by atoms with Gasteiger partial charge < -0.3 is 4.90 Å². The van der Waals surface area contributed by atoms with Crippen LogP contribution in [0, 0.1) is 4.77 Å². The lowest BCUT2D eigenvalue weighted by Gasteiger charge is -2.36. The van der Waals surface area contributed by atoms with Crippen molar-refractivity contribution in [1.29, 1.82) is 0 Å². The number of nitrogens with one attached hydrogen (secondary N) is 1. The maximum atomic E-state index is 5.41. The van der Waals surface area contributed by atoms with Crippen molar-refractivity contribution in [3.63, 3.8) is 0 Å². The van der Waals surface area contributed by atoms with Crippen molar-refractivity contribution < 1.29 is 0 Å². The maximum absolute atomic E-state index is 5.41. The first-order valence-electron chi connectivity index (χ1n) is 6.88. The van der Waals surface area contributed by atoms with Gasteiger partial charge in [0.25, 0.3) is 0 Å². The summed E-state index contributed by atoms with van der Waals surface area (Å²) in [5.74, 6) is 0.985. The third-order valence-electron chi connectivity index (χ3n) is 4.45. The molecule has 1 N–H and O–H groups in total. The Morgan fingerprint density at radius 1 is 1.44 bits per heavy atom. The molecule has 1 aromatic rings. The van der Waals surface area contributed by atoms with Crippen LogP contribution in [-0.2, 0) is 0 Å². The second-order valence-electron chi connectivity index (χ2n) is 5.86. The molecule has 102 valence electrons. The van der Waals surface area contributed by atoms with Crippen LogP contribution in [0.3, 0.4) is 0 Å². The summed E-state index contributed by atoms with van der Waals surface area (Å²) in [4.78, 5) is 2.25. The van der Waals surface area contributed by atoms with Crippen molar-refractivity contribution in [2.24, 2.45) is 0 Å². The standard InChI is InChI=1S/C13H24N4S/c1-5-13(2,3)16(4)11-14-15-12(18)17(11)10-8-6-7-9-10/h10H,5-9H2,1-4H3,(H,15,18). The molecule has 1 fully saturated rings. The van der Waals surface area contributed by atoms with E-state index < -0.39 is 0 Å². The smallest absolute Gasteiger partial charge is 0.226 e. The number of anilines is 1. The molecule has 18 heavy (non-hydrogen) atoms. The third-order valence-corrected chi connectivity index (χ3v) is 4.74. The van der Waals surface area contributed by atoms with Gasteiger partial charge in [0.15, 0.2) is 4.77 Å². The van der Waals surface area contributed by atoms with E-state index in [9.17, 15) is 0 Å². The van der Waals surface area contributed by atoms with Gasteiger partial charge in [-0.2, -0.15) is 0 Å². The fraction of sp³-hybridized carbons (Fsp3) is 0.846. The summed E-state index contributed by atoms with van der Waals surface area (Å²) in [7, 11) is 2.11. The van der Waals surface area contributed by atoms with Crippen molar-refractivity contribution in [2.75, 3.05) is 11.9 Å². The van der Waals surface area contributed by atoms with Crippen molar-refractivity contribution in [3.05, 3.63) is 4.77 Å². The first kappa shape index (κ1) is 13.6. The fourth-order valence-electron chi connectivity index (χ4n) is 2.53. The molecule has 0 amide bonds. The van der Waals surface area contributed by atoms with Crippen molar-refractivity contribution in [1.82, 2.24) is 14.8 Å². The number of aromatic nitrogens is 3. The Balaban J connectivity index is 2.36. The highest BCUT2D eigenvalue weighted by Crippen LogP contribution is 2.34. The molecule has 1 aromatic heterocycles. The van der Waals surface area contributed by atoms with Crippen molar-refractivity contribution >= 4 is 18.2 Å². The topological polar surface area (TPSA) is 36.9 Å². The van der Waals surface area contributed by atoms with E-state index in [1.54, 1.807) is 0 Å². The van der Waals surface area contributed by atoms with E-state index in [4.69, 9.17) is 12.2 Å². The van der Waals surface area contributed by atoms with Crippen molar-refractivity contribution in [2.45, 2.75) is 64.5 Å². The Morgan fingerprint density at radius 3 is 2.61 bits per heavy atom. The van der Waals surface area contributed by atoms with Crippen LogP contribution in [0.1, 0.15) is 58.9 Å². The van der Waals surface area contributed by atoms with Gasteiger partial charge in [-0.15, -0.1) is 5.10 Å². The van der Waals surface area contributed by atoms with Gasteiger partial charge in [0, 0.05) is 18.6 Å². The largest absolute Gasteiger partial charge is 0.339 e. The van der Waals surface area contributed by atoms with E-state index in [1.807, 2.05) is 0 Å². The molecule has 5 heteroatoms. The lowest BCUT2D eigenvalue weighted by Crippen LogP contribution is -2.42. The van der Waals surface area contributed by atoms with Crippen LogP contribution in [0.4, 0.5) is 5.95 Å². The number of rotatable bonds is 4. The Labute approximate surface area is 114 Å². The Bertz CT molecular complexity index is 454. The van der Waals surface area contributed by atoms with E-state index in [-0.39, 0.29) is 5.54 Å². The highest BCUT2D eigenvalue weighted by Gasteiger charge is 2.28. The molecule has 1 aliphatic carbocycles. The molecule has 1 aliphatic rings. The molecule has 1 heterocycles. The van der Waals surface area contributed by atoms with Gasteiger partial charge in [0.1, 0.15) is 0 Å². The van der Waals surface area contributed by atoms with Crippen LogP contribution in [0.5, 0.6) is 0 Å². The molecular weight excluding hydrogens is 244 g/mol. The van der Waals surface area contributed by atoms with Gasteiger partial charge in [-0.3, -0.25) is 4.57 Å². The van der Waals surface area contributed by atoms with Crippen LogP contribution >= 0.6 is 12.2 Å². The fourth-order valence-corrected chi connectivity index (χ4v) is 2.81. The zero-order chi connectivity index (χ0) is 13.3. The summed E-state index contributed by atoms with van der Waals surface area (Å²) in [5, 5.41) is 7.41. The normalized spacial score (nSPS) is 17.3. The minimum atomic E-state index is 0.0946. The lowest BCUT2D eigenvalue weighted by molar-refractivity contribution is 0.438. The molecule has 0 bridgehead atoms. The minimum absolute atomic E-state index is 0.0946. The minimum Gasteiger partial charge on any atom is -0.339 e. The summed E-state index contributed by atoms with van der Waals surface area (Å²) in [6.45, 7) is 6.69. The number of hydrogen-bond donors (Lipinski definition) is 1. The lowest BCUT2D eigenvalue weighted by atomic mass is 10.0. The average Bonchev–Trinajstić information content (AvgIpc) is 2.96. The van der Waals surface area contributed by atoms with Crippen LogP contribution in [-0.4, -0.2) is 27.4 Å². The first-order chi connectivity index (χ1) is 8.47. The monoisotopic (exact) mass is 268 g/mol. The average molecular weight is 268 g/mol. The van der Waals surface area contributed by atoms with Crippen LogP contribution in [0.25, 0.3) is 0 Å². The quantitative estimate of drug-likeness (QED) is 0.846. The highest BCUT2D eigenvalue weighted by atomic mass is 32.1. The van der Waals surface area contributed by atoms with Gasteiger partial charge in [0.05, 0.1) is 0 Å². The predicted molar refractivity (Wildman–Crippen MR) is 77.7 cm³/mol. The zero-order valence-corrected chi connectivity index (χ0v) is 12.7. The van der Waals surface area contributed by atoms with Gasteiger partial charge in [-0.05, 0) is 45.3 Å². The van der Waals surface area contributed by atoms with Crippen molar-refractivity contribution in [3.8, 4) is 0 Å². The molecule has 4 nitrogen and oxygen atoms in total. The van der Waals surface area contributed by atoms with E-state index in [2.05, 4.69) is 47.5 Å². The Hall–Kier alpha value is -0.840. The second-order valence-corrected chi connectivity index (χ2v) is 6.25. The van der Waals surface area contributed by atoms with Gasteiger partial charge in [-0.25, -0.2) is 5.10 Å². The Kier molecular flexibility index (Phi) is 3.80. The summed E-state index contributed by atoms with van der Waals surface area (Å²) < 4.78 is 2.98. The predicted octanol–water partition coefficient (Wildman–Crippen LogP) is 3.68. The summed E-state index contributed by atoms with van der Waals surface area (Å²) in [5.41, 5.74) is 0.0946. The van der Waals surface area contributed by atoms with E-state index in [0.717, 1.165) is 17.1 Å². The number of nitrogens with zero attached hydrogens (tertiary/aromatic N) is 3. The molecular formula is C13H24N4S. The second kappa shape index (κ2) is 5.03. The van der Waals surface area contributed by atoms with E-state index >= 15 is 0 Å². The highest BCUT2D eigenvalue weighted by molar-refractivity contribution is 7.71. The molecule has 0 aliphatic heterocycles. The SMILES string of the molecule is CCC(C)(C)N(C)c1n[nH]c(=S)n1C1CCCC1.